The molecule has 3 aromatic rings. The largest absolute Gasteiger partial charge is 0.378 e. The molecule has 2 aliphatic heterocycles. The number of likely N-dealkylation sites (tertiary alicyclic amines) is 2. The van der Waals surface area contributed by atoms with E-state index in [1.54, 1.807) is 9.80 Å². The van der Waals surface area contributed by atoms with Gasteiger partial charge in [-0.3, -0.25) is 19.2 Å². The number of amides is 4. The van der Waals surface area contributed by atoms with E-state index in [2.05, 4.69) is 10.6 Å². The molecule has 3 aromatic carbocycles. The number of anilines is 3. The van der Waals surface area contributed by atoms with Crippen LogP contribution in [-0.4, -0.2) is 86.4 Å². The number of methoxy groups -OCH3 is 1. The van der Waals surface area contributed by atoms with E-state index in [0.717, 1.165) is 29.7 Å². The van der Waals surface area contributed by atoms with Crippen molar-refractivity contribution in [3.63, 3.8) is 0 Å². The molecule has 0 aliphatic carbocycles. The van der Waals surface area contributed by atoms with Crippen LogP contribution in [0.15, 0.2) is 72.8 Å². The first-order valence-electron chi connectivity index (χ1n) is 15.6. The second-order valence-electron chi connectivity index (χ2n) is 11.8. The molecule has 2 saturated heterocycles. The first kappa shape index (κ1) is 32.4. The lowest BCUT2D eigenvalue weighted by molar-refractivity contribution is -0.139. The van der Waals surface area contributed by atoms with Crippen LogP contribution in [0.25, 0.3) is 12.2 Å². The summed E-state index contributed by atoms with van der Waals surface area (Å²) in [5, 5.41) is 5.90. The monoisotopic (exact) mass is 623 g/mol. The molecule has 0 spiro atoms. The van der Waals surface area contributed by atoms with Gasteiger partial charge in [0.25, 0.3) is 5.91 Å². The van der Waals surface area contributed by atoms with E-state index in [1.807, 2.05) is 104 Å². The molecule has 2 atom stereocenters. The van der Waals surface area contributed by atoms with Crippen molar-refractivity contribution in [2.75, 3.05) is 56.4 Å². The zero-order chi connectivity index (χ0) is 32.6. The quantitative estimate of drug-likeness (QED) is 0.316. The van der Waals surface area contributed by atoms with Crippen LogP contribution in [0.5, 0.6) is 0 Å². The van der Waals surface area contributed by atoms with Crippen LogP contribution in [-0.2, 0) is 19.1 Å². The SMILES string of the molecule is COCC(=O)N1CCC[C@H]1C(=O)Nc1ccc(/C=C/c2ccc(NC(=O)[C@@H]3CCCN3C(=O)c3ccc(N(C)C)cc3)cc2)cc1. The summed E-state index contributed by atoms with van der Waals surface area (Å²) in [5.41, 5.74) is 4.83. The second kappa shape index (κ2) is 14.9. The fourth-order valence-corrected chi connectivity index (χ4v) is 5.89. The van der Waals surface area contributed by atoms with Crippen LogP contribution in [0.3, 0.4) is 0 Å². The van der Waals surface area contributed by atoms with Crippen LogP contribution in [0.1, 0.15) is 47.2 Å². The van der Waals surface area contributed by atoms with Gasteiger partial charge < -0.3 is 30.1 Å². The van der Waals surface area contributed by atoms with Crippen molar-refractivity contribution in [3.05, 3.63) is 89.5 Å². The summed E-state index contributed by atoms with van der Waals surface area (Å²) < 4.78 is 4.94. The Labute approximate surface area is 270 Å². The number of nitrogens with zero attached hydrogens (tertiary/aromatic N) is 3. The lowest BCUT2D eigenvalue weighted by Gasteiger charge is -2.24. The van der Waals surface area contributed by atoms with E-state index in [9.17, 15) is 19.2 Å². The van der Waals surface area contributed by atoms with E-state index in [4.69, 9.17) is 4.74 Å². The summed E-state index contributed by atoms with van der Waals surface area (Å²) in [7, 11) is 5.37. The molecule has 4 amide bonds. The number of nitrogens with one attached hydrogen (secondary N) is 2. The number of carbonyl (C=O) groups excluding carboxylic acids is 4. The Morgan fingerprint density at radius 2 is 1.22 bits per heavy atom. The molecule has 0 saturated carbocycles. The third-order valence-electron chi connectivity index (χ3n) is 8.42. The predicted octanol–water partition coefficient (Wildman–Crippen LogP) is 4.74. The van der Waals surface area contributed by atoms with Gasteiger partial charge in [0.2, 0.25) is 17.7 Å². The average Bonchev–Trinajstić information content (AvgIpc) is 3.76. The molecule has 0 aromatic heterocycles. The minimum Gasteiger partial charge on any atom is -0.378 e. The normalized spacial score (nSPS) is 17.7. The highest BCUT2D eigenvalue weighted by Crippen LogP contribution is 2.24. The van der Waals surface area contributed by atoms with Crippen molar-refractivity contribution in [2.45, 2.75) is 37.8 Å². The van der Waals surface area contributed by atoms with Gasteiger partial charge >= 0.3 is 0 Å². The van der Waals surface area contributed by atoms with Gasteiger partial charge in [0.05, 0.1) is 0 Å². The van der Waals surface area contributed by atoms with Gasteiger partial charge in [0.1, 0.15) is 18.7 Å². The number of hydrogen-bond acceptors (Lipinski definition) is 6. The molecule has 5 rings (SSSR count). The molecular weight excluding hydrogens is 582 g/mol. The van der Waals surface area contributed by atoms with Crippen LogP contribution in [0, 0.1) is 0 Å². The fraction of sp³-hybridized carbons (Fsp3) is 0.333. The molecule has 10 heteroatoms. The van der Waals surface area contributed by atoms with Crippen molar-refractivity contribution in [2.24, 2.45) is 0 Å². The Morgan fingerprint density at radius 1 is 0.739 bits per heavy atom. The van der Waals surface area contributed by atoms with E-state index in [0.29, 0.717) is 42.9 Å². The molecule has 46 heavy (non-hydrogen) atoms. The Balaban J connectivity index is 1.13. The first-order chi connectivity index (χ1) is 22.2. The molecule has 2 fully saturated rings. The highest BCUT2D eigenvalue weighted by atomic mass is 16.5. The summed E-state index contributed by atoms with van der Waals surface area (Å²) in [6.07, 6.45) is 6.77. The average molecular weight is 624 g/mol. The van der Waals surface area contributed by atoms with Crippen molar-refractivity contribution in [3.8, 4) is 0 Å². The number of benzene rings is 3. The maximum Gasteiger partial charge on any atom is 0.254 e. The second-order valence-corrected chi connectivity index (χ2v) is 11.8. The highest BCUT2D eigenvalue weighted by Gasteiger charge is 2.35. The Bertz CT molecular complexity index is 1570. The smallest absolute Gasteiger partial charge is 0.254 e. The molecule has 240 valence electrons. The van der Waals surface area contributed by atoms with Gasteiger partial charge in [-0.2, -0.15) is 0 Å². The van der Waals surface area contributed by atoms with Gasteiger partial charge in [-0.05, 0) is 85.3 Å². The maximum atomic E-state index is 13.2. The van der Waals surface area contributed by atoms with Crippen molar-refractivity contribution < 1.29 is 23.9 Å². The Kier molecular flexibility index (Phi) is 10.5. The lowest BCUT2D eigenvalue weighted by atomic mass is 10.1. The van der Waals surface area contributed by atoms with Crippen LogP contribution in [0.4, 0.5) is 17.1 Å². The summed E-state index contributed by atoms with van der Waals surface area (Å²) >= 11 is 0. The van der Waals surface area contributed by atoms with Crippen LogP contribution in [0.2, 0.25) is 0 Å². The number of hydrogen-bond donors (Lipinski definition) is 2. The van der Waals surface area contributed by atoms with Gasteiger partial charge in [-0.1, -0.05) is 36.4 Å². The van der Waals surface area contributed by atoms with Crippen LogP contribution < -0.4 is 15.5 Å². The number of rotatable bonds is 10. The van der Waals surface area contributed by atoms with Gasteiger partial charge in [0.15, 0.2) is 0 Å². The zero-order valence-electron chi connectivity index (χ0n) is 26.6. The third-order valence-corrected chi connectivity index (χ3v) is 8.42. The van der Waals surface area contributed by atoms with Crippen molar-refractivity contribution in [1.29, 1.82) is 0 Å². The summed E-state index contributed by atoms with van der Waals surface area (Å²) in [5.74, 6) is -0.687. The molecular formula is C36H41N5O5. The van der Waals surface area contributed by atoms with E-state index in [-0.39, 0.29) is 30.2 Å². The fourth-order valence-electron chi connectivity index (χ4n) is 5.89. The van der Waals surface area contributed by atoms with Crippen molar-refractivity contribution >= 4 is 52.8 Å². The van der Waals surface area contributed by atoms with Gasteiger partial charge in [-0.25, -0.2) is 0 Å². The molecule has 2 heterocycles. The van der Waals surface area contributed by atoms with Gasteiger partial charge in [-0.15, -0.1) is 0 Å². The lowest BCUT2D eigenvalue weighted by Crippen LogP contribution is -2.44. The summed E-state index contributed by atoms with van der Waals surface area (Å²) in [4.78, 5) is 56.7. The minimum absolute atomic E-state index is 0.0306. The Hall–Kier alpha value is -4.96. The molecule has 10 nitrogen and oxygen atoms in total. The van der Waals surface area contributed by atoms with Crippen LogP contribution >= 0.6 is 0 Å². The number of ether oxygens (including phenoxy) is 1. The van der Waals surface area contributed by atoms with Crippen molar-refractivity contribution in [1.82, 2.24) is 9.80 Å². The summed E-state index contributed by atoms with van der Waals surface area (Å²) in [6, 6.07) is 21.5. The predicted molar refractivity (Wildman–Crippen MR) is 181 cm³/mol. The minimum atomic E-state index is -0.511. The summed E-state index contributed by atoms with van der Waals surface area (Å²) in [6.45, 7) is 1.08. The first-order valence-corrected chi connectivity index (χ1v) is 15.6. The third kappa shape index (κ3) is 7.81. The Morgan fingerprint density at radius 3 is 1.70 bits per heavy atom. The molecule has 0 bridgehead atoms. The molecule has 0 unspecified atom stereocenters. The van der Waals surface area contributed by atoms with E-state index < -0.39 is 12.1 Å². The number of carbonyl (C=O) groups is 4. The zero-order valence-corrected chi connectivity index (χ0v) is 26.6. The molecule has 2 aliphatic rings. The topological polar surface area (TPSA) is 111 Å². The van der Waals surface area contributed by atoms with Gasteiger partial charge in [0, 0.05) is 56.9 Å². The van der Waals surface area contributed by atoms with E-state index >= 15 is 0 Å². The maximum absolute atomic E-state index is 13.2. The standard InChI is InChI=1S/C36H41N5O5/c1-39(2)30-20-14-27(15-21-30)36(45)41-23-5-7-32(41)35(44)38-29-18-12-26(13-19-29)9-8-25-10-16-28(17-11-25)37-34(43)31-6-4-22-40(31)33(42)24-46-3/h8-21,31-32H,4-7,22-24H2,1-3H3,(H,37,43)(H,38,44)/b9-8+/t31-,32-/m0/s1. The molecule has 2 N–H and O–H groups in total. The molecule has 0 radical (unpaired) electrons. The highest BCUT2D eigenvalue weighted by molar-refractivity contribution is 6.02. The van der Waals surface area contributed by atoms with E-state index in [1.165, 1.54) is 7.11 Å².